The lowest BCUT2D eigenvalue weighted by Crippen LogP contribution is -2.09. The van der Waals surface area contributed by atoms with Gasteiger partial charge in [0.2, 0.25) is 0 Å². The Kier molecular flexibility index (Phi) is 4.51. The molecule has 0 aliphatic heterocycles. The highest BCUT2D eigenvalue weighted by atomic mass is 35.5. The molecule has 1 aromatic carbocycles. The largest absolute Gasteiger partial charge is 0.373 e. The van der Waals surface area contributed by atoms with Crippen LogP contribution < -0.4 is 10.6 Å². The molecule has 5 heteroatoms. The molecule has 19 heavy (non-hydrogen) atoms. The second-order valence-electron chi connectivity index (χ2n) is 4.19. The average Bonchev–Trinajstić information content (AvgIpc) is 2.38. The van der Waals surface area contributed by atoms with Gasteiger partial charge < -0.3 is 10.6 Å². The highest BCUT2D eigenvalue weighted by Crippen LogP contribution is 2.28. The summed E-state index contributed by atoms with van der Waals surface area (Å²) in [5, 5.41) is 7.60. The Hall–Kier alpha value is -1.45. The molecule has 0 saturated heterocycles. The van der Waals surface area contributed by atoms with Crippen LogP contribution >= 0.6 is 23.2 Å². The zero-order valence-corrected chi connectivity index (χ0v) is 12.3. The second-order valence-corrected chi connectivity index (χ2v) is 5.03. The molecule has 1 aromatic heterocycles. The predicted molar refractivity (Wildman–Crippen MR) is 82.3 cm³/mol. The number of aromatic nitrogens is 1. The van der Waals surface area contributed by atoms with Gasteiger partial charge in [-0.15, -0.1) is 0 Å². The van der Waals surface area contributed by atoms with E-state index in [1.165, 1.54) is 0 Å². The summed E-state index contributed by atoms with van der Waals surface area (Å²) in [5.74, 6) is 1.62. The first kappa shape index (κ1) is 14.0. The van der Waals surface area contributed by atoms with Crippen LogP contribution in [0.25, 0.3) is 0 Å². The van der Waals surface area contributed by atoms with Crippen LogP contribution in [-0.2, 0) is 0 Å². The number of hydrogen-bond donors (Lipinski definition) is 2. The van der Waals surface area contributed by atoms with E-state index in [9.17, 15) is 0 Å². The second kappa shape index (κ2) is 6.13. The molecule has 0 saturated carbocycles. The van der Waals surface area contributed by atoms with Crippen LogP contribution in [0.4, 0.5) is 11.6 Å². The molecule has 0 aliphatic rings. The molecule has 100 valence electrons. The van der Waals surface area contributed by atoms with Gasteiger partial charge in [0.15, 0.2) is 0 Å². The van der Waals surface area contributed by atoms with Gasteiger partial charge in [-0.1, -0.05) is 35.3 Å². The minimum Gasteiger partial charge on any atom is -0.373 e. The molecule has 1 unspecified atom stereocenters. The van der Waals surface area contributed by atoms with Crippen LogP contribution in [0, 0.1) is 0 Å². The van der Waals surface area contributed by atoms with Gasteiger partial charge >= 0.3 is 0 Å². The van der Waals surface area contributed by atoms with E-state index in [2.05, 4.69) is 15.6 Å². The number of halogens is 2. The van der Waals surface area contributed by atoms with Crippen molar-refractivity contribution >= 4 is 34.8 Å². The summed E-state index contributed by atoms with van der Waals surface area (Å²) in [6.45, 7) is 2.03. The van der Waals surface area contributed by atoms with E-state index in [0.29, 0.717) is 10.0 Å². The molecule has 0 amide bonds. The summed E-state index contributed by atoms with van der Waals surface area (Å²) in [7, 11) is 1.84. The first-order valence-corrected chi connectivity index (χ1v) is 6.72. The summed E-state index contributed by atoms with van der Waals surface area (Å²) in [4.78, 5) is 4.41. The van der Waals surface area contributed by atoms with Crippen LogP contribution in [0.5, 0.6) is 0 Å². The average molecular weight is 296 g/mol. The molecule has 0 aliphatic carbocycles. The minimum atomic E-state index is 0.0457. The quantitative estimate of drug-likeness (QED) is 0.865. The number of anilines is 2. The zero-order valence-electron chi connectivity index (χ0n) is 10.7. The smallest absolute Gasteiger partial charge is 0.128 e. The van der Waals surface area contributed by atoms with Gasteiger partial charge in [-0.3, -0.25) is 0 Å². The van der Waals surface area contributed by atoms with Crippen molar-refractivity contribution in [1.82, 2.24) is 4.98 Å². The number of hydrogen-bond acceptors (Lipinski definition) is 3. The van der Waals surface area contributed by atoms with Crippen molar-refractivity contribution < 1.29 is 0 Å². The highest BCUT2D eigenvalue weighted by Gasteiger charge is 2.10. The molecule has 0 radical (unpaired) electrons. The Morgan fingerprint density at radius 1 is 1.11 bits per heavy atom. The summed E-state index contributed by atoms with van der Waals surface area (Å²) in [5.41, 5.74) is 0.989. The third kappa shape index (κ3) is 3.52. The summed E-state index contributed by atoms with van der Waals surface area (Å²) >= 11 is 12.1. The van der Waals surface area contributed by atoms with Crippen molar-refractivity contribution in [3.63, 3.8) is 0 Å². The van der Waals surface area contributed by atoms with Crippen LogP contribution in [0.1, 0.15) is 18.5 Å². The van der Waals surface area contributed by atoms with E-state index < -0.39 is 0 Å². The van der Waals surface area contributed by atoms with Gasteiger partial charge in [-0.25, -0.2) is 4.98 Å². The molecular formula is C14H15Cl2N3. The lowest BCUT2D eigenvalue weighted by molar-refractivity contribution is 0.875. The highest BCUT2D eigenvalue weighted by molar-refractivity contribution is 6.35. The van der Waals surface area contributed by atoms with Crippen molar-refractivity contribution in [2.75, 3.05) is 17.7 Å². The van der Waals surface area contributed by atoms with E-state index in [0.717, 1.165) is 17.2 Å². The molecular weight excluding hydrogens is 281 g/mol. The van der Waals surface area contributed by atoms with Crippen LogP contribution in [-0.4, -0.2) is 12.0 Å². The Bertz CT molecular complexity index is 572. The van der Waals surface area contributed by atoms with Gasteiger partial charge in [0.05, 0.1) is 6.04 Å². The van der Waals surface area contributed by atoms with Crippen molar-refractivity contribution in [3.05, 3.63) is 52.0 Å². The molecule has 0 fully saturated rings. The normalized spacial score (nSPS) is 12.0. The maximum Gasteiger partial charge on any atom is 0.128 e. The van der Waals surface area contributed by atoms with E-state index in [4.69, 9.17) is 23.2 Å². The maximum absolute atomic E-state index is 6.19. The maximum atomic E-state index is 6.19. The molecule has 2 N–H and O–H groups in total. The monoisotopic (exact) mass is 295 g/mol. The van der Waals surface area contributed by atoms with Crippen LogP contribution in [0.3, 0.4) is 0 Å². The Morgan fingerprint density at radius 2 is 1.84 bits per heavy atom. The van der Waals surface area contributed by atoms with E-state index in [1.54, 1.807) is 6.07 Å². The first-order chi connectivity index (χ1) is 9.10. The predicted octanol–water partition coefficient (Wildman–Crippen LogP) is 4.60. The lowest BCUT2D eigenvalue weighted by Gasteiger charge is -2.17. The Morgan fingerprint density at radius 3 is 2.53 bits per heavy atom. The van der Waals surface area contributed by atoms with Gasteiger partial charge in [0, 0.05) is 17.1 Å². The number of pyridine rings is 1. The fourth-order valence-corrected chi connectivity index (χ4v) is 2.38. The van der Waals surface area contributed by atoms with E-state index in [-0.39, 0.29) is 6.04 Å². The van der Waals surface area contributed by atoms with Gasteiger partial charge in [0.25, 0.3) is 0 Å². The van der Waals surface area contributed by atoms with Crippen molar-refractivity contribution in [2.45, 2.75) is 13.0 Å². The number of rotatable bonds is 4. The summed E-state index contributed by atoms with van der Waals surface area (Å²) in [6.07, 6.45) is 0. The Balaban J connectivity index is 2.17. The van der Waals surface area contributed by atoms with Crippen LogP contribution in [0.2, 0.25) is 10.0 Å². The molecule has 0 spiro atoms. The number of nitrogens with zero attached hydrogens (tertiary/aromatic N) is 1. The third-order valence-electron chi connectivity index (χ3n) is 2.80. The molecule has 3 nitrogen and oxygen atoms in total. The first-order valence-electron chi connectivity index (χ1n) is 5.96. The summed E-state index contributed by atoms with van der Waals surface area (Å²) in [6, 6.07) is 11.3. The lowest BCUT2D eigenvalue weighted by atomic mass is 10.1. The number of benzene rings is 1. The van der Waals surface area contributed by atoms with Gasteiger partial charge in [-0.05, 0) is 36.8 Å². The SMILES string of the molecule is CNc1cccc(NC(C)c2ccc(Cl)cc2Cl)n1. The zero-order chi connectivity index (χ0) is 13.8. The molecule has 1 atom stereocenters. The topological polar surface area (TPSA) is 37.0 Å². The Labute approximate surface area is 123 Å². The van der Waals surface area contributed by atoms with E-state index >= 15 is 0 Å². The molecule has 0 bridgehead atoms. The van der Waals surface area contributed by atoms with Crippen molar-refractivity contribution in [3.8, 4) is 0 Å². The molecule has 2 rings (SSSR count). The molecule has 1 heterocycles. The van der Waals surface area contributed by atoms with Crippen molar-refractivity contribution in [2.24, 2.45) is 0 Å². The minimum absolute atomic E-state index is 0.0457. The van der Waals surface area contributed by atoms with Gasteiger partial charge in [0.1, 0.15) is 11.6 Å². The third-order valence-corrected chi connectivity index (χ3v) is 3.36. The fraction of sp³-hybridized carbons (Fsp3) is 0.214. The number of nitrogens with one attached hydrogen (secondary N) is 2. The van der Waals surface area contributed by atoms with Crippen LogP contribution in [0.15, 0.2) is 36.4 Å². The molecule has 2 aromatic rings. The van der Waals surface area contributed by atoms with E-state index in [1.807, 2.05) is 44.3 Å². The standard InChI is InChI=1S/C14H15Cl2N3/c1-9(11-7-6-10(15)8-12(11)16)18-14-5-3-4-13(17-2)19-14/h3-9H,1-2H3,(H2,17,18,19). The van der Waals surface area contributed by atoms with Crippen molar-refractivity contribution in [1.29, 1.82) is 0 Å². The summed E-state index contributed by atoms with van der Waals surface area (Å²) < 4.78 is 0. The van der Waals surface area contributed by atoms with Gasteiger partial charge in [-0.2, -0.15) is 0 Å². The fourth-order valence-electron chi connectivity index (χ4n) is 1.81.